The third-order valence-electron chi connectivity index (χ3n) is 4.66. The summed E-state index contributed by atoms with van der Waals surface area (Å²) in [5.41, 5.74) is 3.16. The second-order valence-corrected chi connectivity index (χ2v) is 7.78. The van der Waals surface area contributed by atoms with Crippen LogP contribution in [0.2, 0.25) is 0 Å². The van der Waals surface area contributed by atoms with Crippen molar-refractivity contribution >= 4 is 34.9 Å². The number of hydrogen-bond donors (Lipinski definition) is 0. The Kier molecular flexibility index (Phi) is 5.62. The van der Waals surface area contributed by atoms with Gasteiger partial charge >= 0.3 is 0 Å². The molecule has 0 unspecified atom stereocenters. The zero-order chi connectivity index (χ0) is 19.3. The van der Waals surface area contributed by atoms with Crippen molar-refractivity contribution in [1.82, 2.24) is 5.01 Å². The molecule has 0 bridgehead atoms. The van der Waals surface area contributed by atoms with Crippen molar-refractivity contribution in [3.05, 3.63) is 57.5 Å². The third-order valence-corrected chi connectivity index (χ3v) is 5.70. The molecule has 0 saturated carbocycles. The Morgan fingerprint density at radius 1 is 1.25 bits per heavy atom. The van der Waals surface area contributed by atoms with E-state index in [4.69, 9.17) is 9.84 Å². The van der Waals surface area contributed by atoms with Crippen LogP contribution in [0.4, 0.5) is 0 Å². The molecule has 3 aliphatic heterocycles. The van der Waals surface area contributed by atoms with Gasteiger partial charge in [-0.2, -0.15) is 10.2 Å². The van der Waals surface area contributed by atoms with Crippen molar-refractivity contribution in [1.29, 1.82) is 0 Å². The first-order valence-electron chi connectivity index (χ1n) is 9.52. The molecule has 0 radical (unpaired) electrons. The molecule has 4 rings (SSSR count). The Morgan fingerprint density at radius 2 is 2.18 bits per heavy atom. The van der Waals surface area contributed by atoms with Gasteiger partial charge in [-0.15, -0.1) is 16.4 Å². The van der Waals surface area contributed by atoms with E-state index < -0.39 is 0 Å². The molecule has 0 amide bonds. The van der Waals surface area contributed by atoms with Gasteiger partial charge in [0.15, 0.2) is 12.1 Å². The largest absolute Gasteiger partial charge is 0.493 e. The molecule has 0 aliphatic carbocycles. The molecule has 0 N–H and O–H groups in total. The summed E-state index contributed by atoms with van der Waals surface area (Å²) >= 11 is 1.44. The summed E-state index contributed by atoms with van der Waals surface area (Å²) in [6.07, 6.45) is 12.8. The molecule has 28 heavy (non-hydrogen) atoms. The van der Waals surface area contributed by atoms with Crippen molar-refractivity contribution in [2.45, 2.75) is 32.6 Å². The quantitative estimate of drug-likeness (QED) is 0.675. The number of amidine groups is 1. The predicted octanol–water partition coefficient (Wildman–Crippen LogP) is 4.33. The summed E-state index contributed by atoms with van der Waals surface area (Å²) in [7, 11) is 0. The highest BCUT2D eigenvalue weighted by Gasteiger charge is 2.21. The summed E-state index contributed by atoms with van der Waals surface area (Å²) in [5.74, 6) is 1.78. The van der Waals surface area contributed by atoms with E-state index in [0.717, 1.165) is 66.5 Å². The summed E-state index contributed by atoms with van der Waals surface area (Å²) in [5, 5.41) is 15.3. The molecule has 0 atom stereocenters. The molecule has 6 nitrogen and oxygen atoms in total. The molecule has 0 aromatic carbocycles. The fourth-order valence-electron chi connectivity index (χ4n) is 3.27. The lowest BCUT2D eigenvalue weighted by atomic mass is 10.1. The highest BCUT2D eigenvalue weighted by molar-refractivity contribution is 7.15. The SMILES string of the molecule is CC/C=C1/OCC/C1=C/CCC1=NN=C2C=CC(c3ccc(C=O)s3)=NN2C1. The molecule has 1 fully saturated rings. The van der Waals surface area contributed by atoms with Crippen molar-refractivity contribution in [2.75, 3.05) is 13.2 Å². The van der Waals surface area contributed by atoms with E-state index >= 15 is 0 Å². The molecule has 1 saturated heterocycles. The Hall–Kier alpha value is -2.80. The van der Waals surface area contributed by atoms with Crippen molar-refractivity contribution in [3.8, 4) is 0 Å². The van der Waals surface area contributed by atoms with Crippen molar-refractivity contribution < 1.29 is 9.53 Å². The lowest BCUT2D eigenvalue weighted by Crippen LogP contribution is -2.35. The van der Waals surface area contributed by atoms with Gasteiger partial charge in [-0.1, -0.05) is 13.0 Å². The van der Waals surface area contributed by atoms with Crippen molar-refractivity contribution in [3.63, 3.8) is 0 Å². The van der Waals surface area contributed by atoms with Crippen LogP contribution in [0.25, 0.3) is 0 Å². The first-order valence-corrected chi connectivity index (χ1v) is 10.3. The number of thiophene rings is 1. The van der Waals surface area contributed by atoms with E-state index in [2.05, 4.69) is 29.3 Å². The maximum atomic E-state index is 10.9. The van der Waals surface area contributed by atoms with Crippen LogP contribution in [0.3, 0.4) is 0 Å². The van der Waals surface area contributed by atoms with Crippen LogP contribution in [0.1, 0.15) is 47.2 Å². The number of carbonyl (C=O) groups is 1. The zero-order valence-electron chi connectivity index (χ0n) is 15.8. The molecular weight excluding hydrogens is 372 g/mol. The lowest BCUT2D eigenvalue weighted by molar-refractivity contribution is 0.112. The smallest absolute Gasteiger partial charge is 0.171 e. The van der Waals surface area contributed by atoms with E-state index in [9.17, 15) is 4.79 Å². The van der Waals surface area contributed by atoms with Gasteiger partial charge < -0.3 is 4.74 Å². The number of allylic oxidation sites excluding steroid dienone is 4. The fraction of sp³-hybridized carbons (Fsp3) is 0.333. The van der Waals surface area contributed by atoms with E-state index in [-0.39, 0.29) is 0 Å². The van der Waals surface area contributed by atoms with Gasteiger partial charge in [0.25, 0.3) is 0 Å². The molecule has 1 aromatic heterocycles. The van der Waals surface area contributed by atoms with Crippen LogP contribution in [-0.4, -0.2) is 41.7 Å². The number of nitrogens with zero attached hydrogens (tertiary/aromatic N) is 4. The second-order valence-electron chi connectivity index (χ2n) is 6.66. The summed E-state index contributed by atoms with van der Waals surface area (Å²) in [6.45, 7) is 3.53. The van der Waals surface area contributed by atoms with Gasteiger partial charge in [-0.3, -0.25) is 4.79 Å². The number of rotatable bonds is 6. The minimum atomic E-state index is 0.635. The molecule has 4 heterocycles. The van der Waals surface area contributed by atoms with Crippen LogP contribution in [0, 0.1) is 0 Å². The molecule has 1 aromatic rings. The number of fused-ring (bicyclic) bond motifs is 1. The van der Waals surface area contributed by atoms with Gasteiger partial charge in [0, 0.05) is 6.42 Å². The maximum Gasteiger partial charge on any atom is 0.171 e. The maximum absolute atomic E-state index is 10.9. The number of hydrazone groups is 1. The number of aldehydes is 1. The Bertz CT molecular complexity index is 949. The predicted molar refractivity (Wildman–Crippen MR) is 113 cm³/mol. The molecule has 0 spiro atoms. The topological polar surface area (TPSA) is 66.6 Å². The molecule has 3 aliphatic rings. The van der Waals surface area contributed by atoms with E-state index in [0.29, 0.717) is 11.4 Å². The normalized spacial score (nSPS) is 21.3. The monoisotopic (exact) mass is 394 g/mol. The third kappa shape index (κ3) is 4.04. The number of hydrogen-bond acceptors (Lipinski definition) is 7. The lowest BCUT2D eigenvalue weighted by Gasteiger charge is -2.25. The summed E-state index contributed by atoms with van der Waals surface area (Å²) in [6, 6.07) is 3.74. The van der Waals surface area contributed by atoms with Gasteiger partial charge in [0.1, 0.15) is 11.5 Å². The van der Waals surface area contributed by atoms with E-state index in [1.54, 1.807) is 0 Å². The average Bonchev–Trinajstić information content (AvgIpc) is 3.37. The van der Waals surface area contributed by atoms with Gasteiger partial charge in [0.2, 0.25) is 0 Å². The highest BCUT2D eigenvalue weighted by atomic mass is 32.1. The second kappa shape index (κ2) is 8.48. The van der Waals surface area contributed by atoms with Gasteiger partial charge in [-0.25, -0.2) is 5.01 Å². The highest BCUT2D eigenvalue weighted by Crippen LogP contribution is 2.25. The standard InChI is InChI=1S/C21H22N4O2S/c1-2-4-19-15(11-12-27-19)5-3-6-16-13-25-21(23-22-16)10-8-18(24-25)20-9-7-17(14-26)28-20/h4-5,7-10,14H,2-3,6,11-13H2,1H3/b15-5-,19-4+. The first kappa shape index (κ1) is 18.6. The summed E-state index contributed by atoms with van der Waals surface area (Å²) < 4.78 is 5.67. The zero-order valence-corrected chi connectivity index (χ0v) is 16.6. The van der Waals surface area contributed by atoms with E-state index in [1.807, 2.05) is 29.3 Å². The van der Waals surface area contributed by atoms with Crippen molar-refractivity contribution in [2.24, 2.45) is 15.3 Å². The molecule has 144 valence electrons. The number of carbonyl (C=O) groups excluding carboxylic acids is 1. The fourth-order valence-corrected chi connectivity index (χ4v) is 4.06. The Balaban J connectivity index is 1.40. The van der Waals surface area contributed by atoms with Gasteiger partial charge in [-0.05, 0) is 55.2 Å². The number of ether oxygens (including phenoxy) is 1. The first-order chi connectivity index (χ1) is 13.8. The van der Waals surface area contributed by atoms with Crippen LogP contribution in [0.5, 0.6) is 0 Å². The van der Waals surface area contributed by atoms with Crippen LogP contribution in [0.15, 0.2) is 63.1 Å². The average molecular weight is 395 g/mol. The van der Waals surface area contributed by atoms with Crippen LogP contribution in [-0.2, 0) is 4.74 Å². The minimum Gasteiger partial charge on any atom is -0.493 e. The molecular formula is C21H22N4O2S. The van der Waals surface area contributed by atoms with Gasteiger partial charge in [0.05, 0.1) is 28.6 Å². The Labute approximate surface area is 168 Å². The summed E-state index contributed by atoms with van der Waals surface area (Å²) in [4.78, 5) is 12.6. The van der Waals surface area contributed by atoms with Crippen LogP contribution >= 0.6 is 11.3 Å². The van der Waals surface area contributed by atoms with E-state index in [1.165, 1.54) is 16.9 Å². The minimum absolute atomic E-state index is 0.635. The molecule has 7 heteroatoms. The Morgan fingerprint density at radius 3 is 3.00 bits per heavy atom. The van der Waals surface area contributed by atoms with Crippen LogP contribution < -0.4 is 0 Å².